The summed E-state index contributed by atoms with van der Waals surface area (Å²) in [6.07, 6.45) is 3.68. The fourth-order valence-corrected chi connectivity index (χ4v) is 3.89. The van der Waals surface area contributed by atoms with Crippen molar-refractivity contribution in [2.24, 2.45) is 0 Å². The topological polar surface area (TPSA) is 83.1 Å². The molecule has 1 heterocycles. The van der Waals surface area contributed by atoms with E-state index in [0.29, 0.717) is 30.1 Å². The molecule has 1 N–H and O–H groups in total. The SMILES string of the molecule is COc1ccc(CCC(OC(=O)[C@@H]2CCCCN2)c2cccc(OCC(C)=O)c2)cc1OC. The van der Waals surface area contributed by atoms with Crippen LogP contribution in [0, 0.1) is 0 Å². The number of hydrogen-bond acceptors (Lipinski definition) is 7. The van der Waals surface area contributed by atoms with E-state index in [-0.39, 0.29) is 24.4 Å². The average molecular weight is 456 g/mol. The lowest BCUT2D eigenvalue weighted by atomic mass is 10.00. The van der Waals surface area contributed by atoms with Crippen LogP contribution in [0.4, 0.5) is 0 Å². The van der Waals surface area contributed by atoms with E-state index in [9.17, 15) is 9.59 Å². The predicted octanol–water partition coefficient (Wildman–Crippen LogP) is 4.03. The highest BCUT2D eigenvalue weighted by Crippen LogP contribution is 2.31. The van der Waals surface area contributed by atoms with Crippen molar-refractivity contribution in [1.29, 1.82) is 0 Å². The first-order valence-electron chi connectivity index (χ1n) is 11.4. The van der Waals surface area contributed by atoms with Gasteiger partial charge >= 0.3 is 5.97 Å². The summed E-state index contributed by atoms with van der Waals surface area (Å²) in [5.74, 6) is 1.62. The Morgan fingerprint density at radius 1 is 1.06 bits per heavy atom. The first-order valence-corrected chi connectivity index (χ1v) is 11.4. The van der Waals surface area contributed by atoms with Gasteiger partial charge in [-0.15, -0.1) is 0 Å². The number of nitrogens with one attached hydrogen (secondary N) is 1. The molecule has 2 aromatic carbocycles. The number of piperidine rings is 1. The van der Waals surface area contributed by atoms with Crippen LogP contribution < -0.4 is 19.5 Å². The molecule has 7 heteroatoms. The molecule has 1 saturated heterocycles. The second kappa shape index (κ2) is 12.3. The van der Waals surface area contributed by atoms with Gasteiger partial charge in [-0.2, -0.15) is 0 Å². The summed E-state index contributed by atoms with van der Waals surface area (Å²) < 4.78 is 22.3. The van der Waals surface area contributed by atoms with Gasteiger partial charge < -0.3 is 24.3 Å². The van der Waals surface area contributed by atoms with Crippen LogP contribution in [-0.2, 0) is 20.7 Å². The minimum atomic E-state index is -0.449. The molecule has 0 saturated carbocycles. The Morgan fingerprint density at radius 3 is 2.58 bits per heavy atom. The number of rotatable bonds is 11. The predicted molar refractivity (Wildman–Crippen MR) is 125 cm³/mol. The first-order chi connectivity index (χ1) is 16.0. The molecule has 1 unspecified atom stereocenters. The molecule has 3 rings (SSSR count). The highest BCUT2D eigenvalue weighted by molar-refractivity contribution is 5.77. The summed E-state index contributed by atoms with van der Waals surface area (Å²) in [6, 6.07) is 12.9. The molecule has 7 nitrogen and oxygen atoms in total. The zero-order valence-corrected chi connectivity index (χ0v) is 19.6. The lowest BCUT2D eigenvalue weighted by molar-refractivity contribution is -0.153. The quantitative estimate of drug-likeness (QED) is 0.512. The molecule has 0 bridgehead atoms. The number of Topliss-reactive ketones (excluding diaryl/α,β-unsaturated/α-hetero) is 1. The molecule has 1 fully saturated rings. The Hall–Kier alpha value is -3.06. The average Bonchev–Trinajstić information content (AvgIpc) is 2.85. The van der Waals surface area contributed by atoms with Crippen molar-refractivity contribution in [1.82, 2.24) is 5.32 Å². The Kier molecular flexibility index (Phi) is 9.13. The van der Waals surface area contributed by atoms with Gasteiger partial charge in [0.15, 0.2) is 17.3 Å². The van der Waals surface area contributed by atoms with Crippen molar-refractivity contribution in [2.75, 3.05) is 27.4 Å². The maximum Gasteiger partial charge on any atom is 0.323 e. The molecular formula is C26H33NO6. The number of ether oxygens (including phenoxy) is 4. The molecule has 0 radical (unpaired) electrons. The van der Waals surface area contributed by atoms with Crippen molar-refractivity contribution in [3.63, 3.8) is 0 Å². The van der Waals surface area contributed by atoms with E-state index in [2.05, 4.69) is 5.32 Å². The van der Waals surface area contributed by atoms with Gasteiger partial charge in [0, 0.05) is 0 Å². The second-order valence-corrected chi connectivity index (χ2v) is 8.22. The summed E-state index contributed by atoms with van der Waals surface area (Å²) in [6.45, 7) is 2.31. The standard InChI is InChI=1S/C26H33NO6/c1-18(28)17-32-21-8-6-7-20(16-21)23(33-26(29)22-9-4-5-14-27-22)12-10-19-11-13-24(30-2)25(15-19)31-3/h6-8,11,13,15-16,22-23,27H,4-5,9-10,12,14,17H2,1-3H3/t22-,23?/m0/s1. The van der Waals surface area contributed by atoms with Crippen LogP contribution in [0.1, 0.15) is 49.8 Å². The summed E-state index contributed by atoms with van der Waals surface area (Å²) >= 11 is 0. The first kappa shape index (κ1) is 24.6. The fraction of sp³-hybridized carbons (Fsp3) is 0.462. The van der Waals surface area contributed by atoms with Crippen molar-refractivity contribution in [3.8, 4) is 17.2 Å². The van der Waals surface area contributed by atoms with Crippen molar-refractivity contribution < 1.29 is 28.5 Å². The number of hydrogen-bond donors (Lipinski definition) is 1. The molecule has 2 atom stereocenters. The number of carbonyl (C=O) groups is 2. The zero-order chi connectivity index (χ0) is 23.6. The molecule has 178 valence electrons. The van der Waals surface area contributed by atoms with Crippen molar-refractivity contribution >= 4 is 11.8 Å². The molecular weight excluding hydrogens is 422 g/mol. The molecule has 33 heavy (non-hydrogen) atoms. The van der Waals surface area contributed by atoms with E-state index >= 15 is 0 Å². The Bertz CT molecular complexity index is 938. The van der Waals surface area contributed by atoms with Gasteiger partial charge in [-0.1, -0.05) is 24.6 Å². The third kappa shape index (κ3) is 7.22. The summed E-state index contributed by atoms with van der Waals surface area (Å²) in [5, 5.41) is 3.25. The zero-order valence-electron chi connectivity index (χ0n) is 19.6. The van der Waals surface area contributed by atoms with E-state index in [4.69, 9.17) is 18.9 Å². The highest BCUT2D eigenvalue weighted by atomic mass is 16.5. The Labute approximate surface area is 195 Å². The van der Waals surface area contributed by atoms with Gasteiger partial charge in [0.05, 0.1) is 14.2 Å². The second-order valence-electron chi connectivity index (χ2n) is 8.22. The van der Waals surface area contributed by atoms with Crippen LogP contribution in [0.15, 0.2) is 42.5 Å². The van der Waals surface area contributed by atoms with E-state index in [1.807, 2.05) is 36.4 Å². The van der Waals surface area contributed by atoms with Crippen LogP contribution >= 0.6 is 0 Å². The number of ketones is 1. The number of benzene rings is 2. The number of methoxy groups -OCH3 is 2. The maximum atomic E-state index is 12.9. The van der Waals surface area contributed by atoms with E-state index in [1.54, 1.807) is 20.3 Å². The van der Waals surface area contributed by atoms with E-state index in [1.165, 1.54) is 6.92 Å². The monoisotopic (exact) mass is 455 g/mol. The summed E-state index contributed by atoms with van der Waals surface area (Å²) in [5.41, 5.74) is 1.88. The number of aryl methyl sites for hydroxylation is 1. The van der Waals surface area contributed by atoms with Gasteiger partial charge in [0.1, 0.15) is 24.5 Å². The third-order valence-corrected chi connectivity index (χ3v) is 5.67. The Balaban J connectivity index is 1.77. The smallest absolute Gasteiger partial charge is 0.323 e. The normalized spacial score (nSPS) is 16.5. The van der Waals surface area contributed by atoms with Gasteiger partial charge in [-0.05, 0) is 74.5 Å². The largest absolute Gasteiger partial charge is 0.493 e. The lowest BCUT2D eigenvalue weighted by Crippen LogP contribution is -2.41. The minimum absolute atomic E-state index is 0.00550. The van der Waals surface area contributed by atoms with Crippen LogP contribution in [0.25, 0.3) is 0 Å². The van der Waals surface area contributed by atoms with Gasteiger partial charge in [0.25, 0.3) is 0 Å². The number of esters is 1. The number of carbonyl (C=O) groups excluding carboxylic acids is 2. The van der Waals surface area contributed by atoms with Crippen molar-refractivity contribution in [3.05, 3.63) is 53.6 Å². The maximum absolute atomic E-state index is 12.9. The Morgan fingerprint density at radius 2 is 1.88 bits per heavy atom. The summed E-state index contributed by atoms with van der Waals surface area (Å²) in [7, 11) is 3.21. The van der Waals surface area contributed by atoms with Crippen molar-refractivity contribution in [2.45, 2.75) is 51.2 Å². The lowest BCUT2D eigenvalue weighted by Gasteiger charge is -2.25. The van der Waals surface area contributed by atoms with Gasteiger partial charge in [-0.3, -0.25) is 9.59 Å². The van der Waals surface area contributed by atoms with Crippen LogP contribution in [0.5, 0.6) is 17.2 Å². The molecule has 1 aliphatic rings. The highest BCUT2D eigenvalue weighted by Gasteiger charge is 2.26. The molecule has 0 aromatic heterocycles. The molecule has 0 amide bonds. The molecule has 2 aromatic rings. The van der Waals surface area contributed by atoms with Crippen LogP contribution in [0.2, 0.25) is 0 Å². The van der Waals surface area contributed by atoms with Gasteiger partial charge in [-0.25, -0.2) is 0 Å². The van der Waals surface area contributed by atoms with E-state index in [0.717, 1.165) is 36.9 Å². The van der Waals surface area contributed by atoms with E-state index < -0.39 is 6.10 Å². The molecule has 1 aliphatic heterocycles. The molecule has 0 spiro atoms. The minimum Gasteiger partial charge on any atom is -0.493 e. The van der Waals surface area contributed by atoms with Crippen LogP contribution in [0.3, 0.4) is 0 Å². The van der Waals surface area contributed by atoms with Crippen LogP contribution in [-0.4, -0.2) is 45.2 Å². The van der Waals surface area contributed by atoms with Gasteiger partial charge in [0.2, 0.25) is 0 Å². The fourth-order valence-electron chi connectivity index (χ4n) is 3.89. The third-order valence-electron chi connectivity index (χ3n) is 5.67. The molecule has 0 aliphatic carbocycles. The summed E-state index contributed by atoms with van der Waals surface area (Å²) in [4.78, 5) is 24.2.